The highest BCUT2D eigenvalue weighted by molar-refractivity contribution is 6.30. The summed E-state index contributed by atoms with van der Waals surface area (Å²) < 4.78 is 16.9. The van der Waals surface area contributed by atoms with Crippen LogP contribution < -0.4 is 14.8 Å². The first-order valence-electron chi connectivity index (χ1n) is 11.3. The lowest BCUT2D eigenvalue weighted by Gasteiger charge is -2.33. The number of aromatic nitrogens is 1. The number of piperidine rings is 1. The third-order valence-electron chi connectivity index (χ3n) is 6.49. The fraction of sp³-hybridized carbons (Fsp3) is 0.458. The Hall–Kier alpha value is -3.04. The first-order valence-corrected chi connectivity index (χ1v) is 11.7. The van der Waals surface area contributed by atoms with E-state index in [2.05, 4.69) is 10.3 Å². The summed E-state index contributed by atoms with van der Waals surface area (Å²) >= 11 is 5.93. The van der Waals surface area contributed by atoms with E-state index in [1.807, 2.05) is 12.1 Å². The van der Waals surface area contributed by atoms with Gasteiger partial charge in [0.2, 0.25) is 5.88 Å². The Labute approximate surface area is 202 Å². The Morgan fingerprint density at radius 2 is 2.09 bits per heavy atom. The molecule has 3 heterocycles. The lowest BCUT2D eigenvalue weighted by atomic mass is 10.0. The predicted octanol–water partition coefficient (Wildman–Crippen LogP) is 2.88. The number of pyridine rings is 1. The predicted molar refractivity (Wildman–Crippen MR) is 122 cm³/mol. The topological polar surface area (TPSA) is 110 Å². The number of cyclic esters (lactones) is 1. The fourth-order valence-corrected chi connectivity index (χ4v) is 4.60. The summed E-state index contributed by atoms with van der Waals surface area (Å²) in [5.41, 5.74) is 1.74. The van der Waals surface area contributed by atoms with Crippen LogP contribution in [0.25, 0.3) is 0 Å². The molecule has 2 aliphatic heterocycles. The van der Waals surface area contributed by atoms with Gasteiger partial charge in [0.05, 0.1) is 24.9 Å². The molecule has 1 aromatic carbocycles. The van der Waals surface area contributed by atoms with Gasteiger partial charge in [-0.2, -0.15) is 0 Å². The number of nitrogens with one attached hydrogen (secondary N) is 1. The molecule has 1 aromatic heterocycles. The highest BCUT2D eigenvalue weighted by atomic mass is 35.5. The normalized spacial score (nSPS) is 25.4. The summed E-state index contributed by atoms with van der Waals surface area (Å²) in [4.78, 5) is 31.1. The fourth-order valence-electron chi connectivity index (χ4n) is 4.47. The molecule has 180 valence electrons. The number of aliphatic hydroxyl groups is 1. The molecule has 0 spiro atoms. The molecular formula is C24H26ClN3O6. The van der Waals surface area contributed by atoms with E-state index in [-0.39, 0.29) is 41.5 Å². The van der Waals surface area contributed by atoms with Crippen LogP contribution in [0.2, 0.25) is 5.02 Å². The number of rotatable bonds is 7. The minimum atomic E-state index is -0.494. The largest absolute Gasteiger partial charge is 0.488 e. The molecule has 0 bridgehead atoms. The number of halogens is 1. The minimum absolute atomic E-state index is 0.0189. The third-order valence-corrected chi connectivity index (χ3v) is 6.74. The summed E-state index contributed by atoms with van der Waals surface area (Å²) in [7, 11) is 1.46. The molecular weight excluding hydrogens is 462 g/mol. The zero-order valence-electron chi connectivity index (χ0n) is 18.7. The number of benzene rings is 1. The molecule has 1 aliphatic carbocycles. The Morgan fingerprint density at radius 3 is 2.79 bits per heavy atom. The van der Waals surface area contributed by atoms with E-state index in [0.29, 0.717) is 55.4 Å². The Bertz CT molecular complexity index is 1090. The van der Waals surface area contributed by atoms with E-state index < -0.39 is 6.10 Å². The van der Waals surface area contributed by atoms with Crippen molar-refractivity contribution in [2.24, 2.45) is 0 Å². The van der Waals surface area contributed by atoms with E-state index in [9.17, 15) is 14.7 Å². The maximum absolute atomic E-state index is 13.0. The van der Waals surface area contributed by atoms with Crippen LogP contribution >= 0.6 is 11.6 Å². The Kier molecular flexibility index (Phi) is 6.22. The first kappa shape index (κ1) is 22.7. The Morgan fingerprint density at radius 1 is 1.32 bits per heavy atom. The highest BCUT2D eigenvalue weighted by Gasteiger charge is 2.43. The van der Waals surface area contributed by atoms with E-state index in [1.165, 1.54) is 7.11 Å². The molecule has 2 unspecified atom stereocenters. The number of fused-ring (bicyclic) bond motifs is 1. The van der Waals surface area contributed by atoms with Crippen molar-refractivity contribution in [2.45, 2.75) is 50.0 Å². The molecule has 2 saturated heterocycles. The van der Waals surface area contributed by atoms with Gasteiger partial charge in [-0.25, -0.2) is 9.78 Å². The van der Waals surface area contributed by atoms with Gasteiger partial charge in [-0.15, -0.1) is 0 Å². The van der Waals surface area contributed by atoms with Gasteiger partial charge in [-0.3, -0.25) is 4.79 Å². The van der Waals surface area contributed by atoms with Crippen LogP contribution in [0.4, 0.5) is 4.79 Å². The molecule has 2 N–H and O–H groups in total. The number of ether oxygens (including phenoxy) is 3. The van der Waals surface area contributed by atoms with Gasteiger partial charge >= 0.3 is 6.09 Å². The lowest BCUT2D eigenvalue weighted by Crippen LogP contribution is -2.44. The maximum atomic E-state index is 13.0. The molecule has 10 heteroatoms. The van der Waals surface area contributed by atoms with Gasteiger partial charge in [-0.1, -0.05) is 23.7 Å². The second-order valence-electron chi connectivity index (χ2n) is 8.84. The van der Waals surface area contributed by atoms with E-state index in [0.717, 1.165) is 5.56 Å². The quantitative estimate of drug-likeness (QED) is 0.617. The van der Waals surface area contributed by atoms with Crippen LogP contribution in [0, 0.1) is 0 Å². The molecule has 34 heavy (non-hydrogen) atoms. The van der Waals surface area contributed by atoms with Crippen molar-refractivity contribution in [3.05, 3.63) is 52.2 Å². The van der Waals surface area contributed by atoms with Crippen molar-refractivity contribution in [3.63, 3.8) is 0 Å². The smallest absolute Gasteiger partial charge is 0.410 e. The molecule has 0 radical (unpaired) electrons. The molecule has 9 nitrogen and oxygen atoms in total. The van der Waals surface area contributed by atoms with Crippen LogP contribution in [0.15, 0.2) is 30.3 Å². The maximum Gasteiger partial charge on any atom is 0.410 e. The first-order chi connectivity index (χ1) is 16.4. The SMILES string of the molecule is COc1nc(C2CC2O)c(O[C@H]2CCN3C(=O)OC[C@@H]3C2)cc1C(=O)NCc1ccc(Cl)cc1. The summed E-state index contributed by atoms with van der Waals surface area (Å²) in [6.45, 7) is 1.21. The number of aliphatic hydroxyl groups excluding tert-OH is 1. The Balaban J connectivity index is 1.36. The molecule has 1 saturated carbocycles. The van der Waals surface area contributed by atoms with Crippen molar-refractivity contribution in [1.82, 2.24) is 15.2 Å². The molecule has 3 fully saturated rings. The summed E-state index contributed by atoms with van der Waals surface area (Å²) in [5, 5.41) is 13.6. The van der Waals surface area contributed by atoms with Crippen LogP contribution in [-0.4, -0.2) is 65.5 Å². The number of hydrogen-bond donors (Lipinski definition) is 2. The van der Waals surface area contributed by atoms with Crippen LogP contribution in [0.1, 0.15) is 46.8 Å². The molecule has 5 rings (SSSR count). The number of carbonyl (C=O) groups is 2. The zero-order chi connectivity index (χ0) is 23.8. The number of hydrogen-bond acceptors (Lipinski definition) is 7. The van der Waals surface area contributed by atoms with Gasteiger partial charge in [0.1, 0.15) is 24.0 Å². The highest BCUT2D eigenvalue weighted by Crippen LogP contribution is 2.45. The average molecular weight is 488 g/mol. The molecule has 2 aromatic rings. The van der Waals surface area contributed by atoms with E-state index in [4.69, 9.17) is 25.8 Å². The van der Waals surface area contributed by atoms with Gasteiger partial charge in [0, 0.05) is 42.9 Å². The molecule has 4 atom stereocenters. The van der Waals surface area contributed by atoms with Crippen molar-refractivity contribution < 1.29 is 28.9 Å². The third kappa shape index (κ3) is 4.63. The second-order valence-corrected chi connectivity index (χ2v) is 9.27. The summed E-state index contributed by atoms with van der Waals surface area (Å²) in [6, 6.07) is 8.84. The molecule has 2 amide bonds. The number of carbonyl (C=O) groups excluding carboxylic acids is 2. The number of nitrogens with zero attached hydrogens (tertiary/aromatic N) is 2. The van der Waals surface area contributed by atoms with Crippen LogP contribution in [-0.2, 0) is 11.3 Å². The average Bonchev–Trinajstić information content (AvgIpc) is 3.46. The van der Waals surface area contributed by atoms with Crippen molar-refractivity contribution in [3.8, 4) is 11.6 Å². The second kappa shape index (κ2) is 9.31. The zero-order valence-corrected chi connectivity index (χ0v) is 19.5. The van der Waals surface area contributed by atoms with Gasteiger partial charge in [0.15, 0.2) is 0 Å². The lowest BCUT2D eigenvalue weighted by molar-refractivity contribution is 0.0902. The summed E-state index contributed by atoms with van der Waals surface area (Å²) in [5.74, 6) is 0.130. The number of amides is 2. The van der Waals surface area contributed by atoms with Gasteiger partial charge in [0.25, 0.3) is 5.91 Å². The molecule has 3 aliphatic rings. The van der Waals surface area contributed by atoms with E-state index in [1.54, 1.807) is 23.1 Å². The van der Waals surface area contributed by atoms with E-state index >= 15 is 0 Å². The standard InChI is InChI=1S/C24H26ClN3O6/c1-32-23-18(22(30)26-11-13-2-4-14(25)5-3-13)10-20(21(27-23)17-9-19(17)29)34-16-6-7-28-15(8-16)12-33-24(28)31/h2-5,10,15-17,19,29H,6-9,11-12H2,1H3,(H,26,30)/t15-,16-,17?,19?/m0/s1. The van der Waals surface area contributed by atoms with Crippen LogP contribution in [0.5, 0.6) is 11.6 Å². The monoisotopic (exact) mass is 487 g/mol. The van der Waals surface area contributed by atoms with Gasteiger partial charge in [-0.05, 0) is 24.1 Å². The minimum Gasteiger partial charge on any atom is -0.488 e. The van der Waals surface area contributed by atoms with Crippen molar-refractivity contribution in [2.75, 3.05) is 20.3 Å². The van der Waals surface area contributed by atoms with Crippen molar-refractivity contribution in [1.29, 1.82) is 0 Å². The van der Waals surface area contributed by atoms with Crippen LogP contribution in [0.3, 0.4) is 0 Å². The van der Waals surface area contributed by atoms with Gasteiger partial charge < -0.3 is 29.5 Å². The number of methoxy groups -OCH3 is 1. The summed E-state index contributed by atoms with van der Waals surface area (Å²) in [6.07, 6.45) is 0.913. The van der Waals surface area contributed by atoms with Crippen molar-refractivity contribution >= 4 is 23.6 Å².